The van der Waals surface area contributed by atoms with E-state index < -0.39 is 0 Å². The highest BCUT2D eigenvalue weighted by atomic mass is 16.2. The van der Waals surface area contributed by atoms with E-state index >= 15 is 0 Å². The molecule has 27 heavy (non-hydrogen) atoms. The molecule has 1 aliphatic heterocycles. The second-order valence-corrected chi connectivity index (χ2v) is 7.87. The van der Waals surface area contributed by atoms with Crippen LogP contribution in [0.3, 0.4) is 0 Å². The van der Waals surface area contributed by atoms with E-state index in [1.807, 2.05) is 4.90 Å². The number of anilines is 1. The number of amides is 2. The second-order valence-electron chi connectivity index (χ2n) is 7.87. The standard InChI is InChI=1S/C22H31N3O2/c1-3-21(26)25-13-11-24(12-14-25)20-9-7-18(8-10-20)16-23-22(27)19-6-4-5-17(2)15-19/h3,7-10,17,19H,1,4-6,11-16H2,2H3,(H,23,27). The first-order chi connectivity index (χ1) is 13.1. The summed E-state index contributed by atoms with van der Waals surface area (Å²) in [5.74, 6) is 1.06. The number of benzene rings is 1. The lowest BCUT2D eigenvalue weighted by molar-refractivity contribution is -0.127. The highest BCUT2D eigenvalue weighted by molar-refractivity contribution is 5.87. The van der Waals surface area contributed by atoms with Gasteiger partial charge in [0.25, 0.3) is 0 Å². The lowest BCUT2D eigenvalue weighted by Gasteiger charge is -2.35. The number of carbonyl (C=O) groups excluding carboxylic acids is 2. The fourth-order valence-corrected chi connectivity index (χ4v) is 4.14. The SMILES string of the molecule is C=CC(=O)N1CCN(c2ccc(CNC(=O)C3CCCC(C)C3)cc2)CC1. The molecule has 0 aromatic heterocycles. The fourth-order valence-electron chi connectivity index (χ4n) is 4.14. The van der Waals surface area contributed by atoms with Gasteiger partial charge in [0.1, 0.15) is 0 Å². The molecular formula is C22H31N3O2. The van der Waals surface area contributed by atoms with E-state index in [9.17, 15) is 9.59 Å². The van der Waals surface area contributed by atoms with E-state index in [4.69, 9.17) is 0 Å². The smallest absolute Gasteiger partial charge is 0.246 e. The van der Waals surface area contributed by atoms with Crippen molar-refractivity contribution in [2.24, 2.45) is 11.8 Å². The van der Waals surface area contributed by atoms with Crippen molar-refractivity contribution < 1.29 is 9.59 Å². The van der Waals surface area contributed by atoms with Crippen molar-refractivity contribution in [1.82, 2.24) is 10.2 Å². The maximum Gasteiger partial charge on any atom is 0.246 e. The summed E-state index contributed by atoms with van der Waals surface area (Å²) in [6.07, 6.45) is 5.84. The Bertz CT molecular complexity index is 663. The first-order valence-electron chi connectivity index (χ1n) is 10.1. The Labute approximate surface area is 162 Å². The summed E-state index contributed by atoms with van der Waals surface area (Å²) >= 11 is 0. The van der Waals surface area contributed by atoms with E-state index in [1.54, 1.807) is 0 Å². The lowest BCUT2D eigenvalue weighted by Crippen LogP contribution is -2.48. The number of rotatable bonds is 5. The normalized spacial score (nSPS) is 23.0. The zero-order chi connectivity index (χ0) is 19.2. The molecule has 0 radical (unpaired) electrons. The number of nitrogens with one attached hydrogen (secondary N) is 1. The van der Waals surface area contributed by atoms with Gasteiger partial charge in [0.2, 0.25) is 11.8 Å². The molecule has 2 atom stereocenters. The van der Waals surface area contributed by atoms with Gasteiger partial charge in [-0.2, -0.15) is 0 Å². The Balaban J connectivity index is 1.47. The Morgan fingerprint density at radius 3 is 2.48 bits per heavy atom. The molecule has 1 aromatic carbocycles. The van der Waals surface area contributed by atoms with Gasteiger partial charge in [0.15, 0.2) is 0 Å². The van der Waals surface area contributed by atoms with Gasteiger partial charge in [0, 0.05) is 44.3 Å². The van der Waals surface area contributed by atoms with Crippen LogP contribution in [0.2, 0.25) is 0 Å². The predicted molar refractivity (Wildman–Crippen MR) is 108 cm³/mol. The third-order valence-electron chi connectivity index (χ3n) is 5.84. The zero-order valence-electron chi connectivity index (χ0n) is 16.3. The molecule has 0 spiro atoms. The van der Waals surface area contributed by atoms with Crippen LogP contribution in [-0.4, -0.2) is 42.9 Å². The van der Waals surface area contributed by atoms with Crippen LogP contribution in [0.1, 0.15) is 38.2 Å². The summed E-state index contributed by atoms with van der Waals surface area (Å²) in [6.45, 7) is 9.49. The van der Waals surface area contributed by atoms with Crippen LogP contribution < -0.4 is 10.2 Å². The van der Waals surface area contributed by atoms with Crippen LogP contribution >= 0.6 is 0 Å². The highest BCUT2D eigenvalue weighted by Gasteiger charge is 2.24. The summed E-state index contributed by atoms with van der Waals surface area (Å²) < 4.78 is 0. The van der Waals surface area contributed by atoms with Crippen LogP contribution in [0.25, 0.3) is 0 Å². The quantitative estimate of drug-likeness (QED) is 0.812. The van der Waals surface area contributed by atoms with E-state index in [-0.39, 0.29) is 17.7 Å². The van der Waals surface area contributed by atoms with Crippen LogP contribution in [0.15, 0.2) is 36.9 Å². The molecule has 2 amide bonds. The van der Waals surface area contributed by atoms with Crippen molar-refractivity contribution in [3.63, 3.8) is 0 Å². The summed E-state index contributed by atoms with van der Waals surface area (Å²) in [6, 6.07) is 8.38. The molecule has 1 aromatic rings. The lowest BCUT2D eigenvalue weighted by atomic mass is 9.82. The van der Waals surface area contributed by atoms with Crippen LogP contribution in [0.5, 0.6) is 0 Å². The average molecular weight is 370 g/mol. The molecule has 2 fully saturated rings. The largest absolute Gasteiger partial charge is 0.368 e. The number of hydrogen-bond donors (Lipinski definition) is 1. The zero-order valence-corrected chi connectivity index (χ0v) is 16.3. The van der Waals surface area contributed by atoms with Crippen molar-refractivity contribution in [3.05, 3.63) is 42.5 Å². The minimum Gasteiger partial charge on any atom is -0.368 e. The molecule has 2 unspecified atom stereocenters. The minimum absolute atomic E-state index is 0.00750. The van der Waals surface area contributed by atoms with E-state index in [1.165, 1.54) is 18.9 Å². The monoisotopic (exact) mass is 369 g/mol. The maximum absolute atomic E-state index is 12.4. The van der Waals surface area contributed by atoms with Gasteiger partial charge >= 0.3 is 0 Å². The van der Waals surface area contributed by atoms with Crippen molar-refractivity contribution in [2.75, 3.05) is 31.1 Å². The molecule has 1 N–H and O–H groups in total. The minimum atomic E-state index is 0.00750. The number of nitrogens with zero attached hydrogens (tertiary/aromatic N) is 2. The fraction of sp³-hybridized carbons (Fsp3) is 0.545. The van der Waals surface area contributed by atoms with E-state index in [0.717, 1.165) is 50.3 Å². The topological polar surface area (TPSA) is 52.7 Å². The Hall–Kier alpha value is -2.30. The first-order valence-corrected chi connectivity index (χ1v) is 10.1. The molecule has 5 heteroatoms. The molecule has 0 bridgehead atoms. The molecule has 3 rings (SSSR count). The number of piperazine rings is 1. The van der Waals surface area contributed by atoms with Crippen LogP contribution in [0, 0.1) is 11.8 Å². The molecular weight excluding hydrogens is 338 g/mol. The van der Waals surface area contributed by atoms with Gasteiger partial charge in [-0.1, -0.05) is 38.5 Å². The Kier molecular flexibility index (Phi) is 6.54. The first kappa shape index (κ1) is 19.5. The number of hydrogen-bond acceptors (Lipinski definition) is 3. The van der Waals surface area contributed by atoms with Crippen molar-refractivity contribution in [1.29, 1.82) is 0 Å². The molecule has 146 valence electrons. The van der Waals surface area contributed by atoms with Gasteiger partial charge in [-0.15, -0.1) is 0 Å². The highest BCUT2D eigenvalue weighted by Crippen LogP contribution is 2.28. The summed E-state index contributed by atoms with van der Waals surface area (Å²) in [7, 11) is 0. The van der Waals surface area contributed by atoms with E-state index in [2.05, 4.69) is 48.0 Å². The molecule has 1 aliphatic carbocycles. The molecule has 1 heterocycles. The number of carbonyl (C=O) groups is 2. The summed E-state index contributed by atoms with van der Waals surface area (Å²) in [5.41, 5.74) is 2.29. The van der Waals surface area contributed by atoms with Gasteiger partial charge in [-0.05, 0) is 42.5 Å². The summed E-state index contributed by atoms with van der Waals surface area (Å²) in [5, 5.41) is 3.11. The van der Waals surface area contributed by atoms with Crippen molar-refractivity contribution >= 4 is 17.5 Å². The second kappa shape index (κ2) is 9.07. The molecule has 5 nitrogen and oxygen atoms in total. The maximum atomic E-state index is 12.4. The molecule has 2 aliphatic rings. The van der Waals surface area contributed by atoms with Crippen LogP contribution in [-0.2, 0) is 16.1 Å². The van der Waals surface area contributed by atoms with Gasteiger partial charge in [-0.3, -0.25) is 9.59 Å². The van der Waals surface area contributed by atoms with Crippen molar-refractivity contribution in [3.8, 4) is 0 Å². The molecule has 1 saturated carbocycles. The van der Waals surface area contributed by atoms with Gasteiger partial charge in [-0.25, -0.2) is 0 Å². The predicted octanol–water partition coefficient (Wildman–Crippen LogP) is 2.96. The Morgan fingerprint density at radius 2 is 1.85 bits per heavy atom. The Morgan fingerprint density at radius 1 is 1.15 bits per heavy atom. The summed E-state index contributed by atoms with van der Waals surface area (Å²) in [4.78, 5) is 28.2. The third-order valence-corrected chi connectivity index (χ3v) is 5.84. The van der Waals surface area contributed by atoms with Gasteiger partial charge in [0.05, 0.1) is 0 Å². The van der Waals surface area contributed by atoms with Crippen molar-refractivity contribution in [2.45, 2.75) is 39.2 Å². The van der Waals surface area contributed by atoms with Gasteiger partial charge < -0.3 is 15.1 Å². The third kappa shape index (κ3) is 5.12. The van der Waals surface area contributed by atoms with Crippen LogP contribution in [0.4, 0.5) is 5.69 Å². The average Bonchev–Trinajstić information content (AvgIpc) is 2.72. The van der Waals surface area contributed by atoms with E-state index in [0.29, 0.717) is 12.5 Å². The molecule has 1 saturated heterocycles.